The molecular weight excluding hydrogens is 302 g/mol. The van der Waals surface area contributed by atoms with Crippen molar-refractivity contribution in [3.05, 3.63) is 65.0 Å². The summed E-state index contributed by atoms with van der Waals surface area (Å²) in [5.41, 5.74) is 2.69. The van der Waals surface area contributed by atoms with Gasteiger partial charge >= 0.3 is 0 Å². The molecule has 0 atom stereocenters. The zero-order valence-corrected chi connectivity index (χ0v) is 14.1. The first-order valence-corrected chi connectivity index (χ1v) is 8.19. The molecule has 0 aliphatic rings. The average Bonchev–Trinajstić information content (AvgIpc) is 2.61. The number of unbranched alkanes of at least 4 members (excludes halogenated alkanes) is 1. The molecular formula is C19H23N3O2. The molecule has 5 nitrogen and oxygen atoms in total. The Morgan fingerprint density at radius 1 is 0.958 bits per heavy atom. The highest BCUT2D eigenvalue weighted by molar-refractivity contribution is 5.96. The van der Waals surface area contributed by atoms with E-state index >= 15 is 0 Å². The summed E-state index contributed by atoms with van der Waals surface area (Å²) in [6.45, 7) is 5.11. The summed E-state index contributed by atoms with van der Waals surface area (Å²) in [5, 5.41) is 5.62. The Bertz CT molecular complexity index is 696. The second kappa shape index (κ2) is 8.82. The van der Waals surface area contributed by atoms with Gasteiger partial charge in [-0.1, -0.05) is 49.2 Å². The highest BCUT2D eigenvalue weighted by atomic mass is 16.2. The number of pyridine rings is 1. The van der Waals surface area contributed by atoms with Crippen LogP contribution in [0.4, 0.5) is 0 Å². The fourth-order valence-electron chi connectivity index (χ4n) is 2.14. The number of aryl methyl sites for hydroxylation is 1. The van der Waals surface area contributed by atoms with E-state index in [0.717, 1.165) is 18.4 Å². The van der Waals surface area contributed by atoms with Gasteiger partial charge in [0.05, 0.1) is 0 Å². The summed E-state index contributed by atoms with van der Waals surface area (Å²) in [7, 11) is 0. The van der Waals surface area contributed by atoms with Crippen molar-refractivity contribution in [2.75, 3.05) is 6.54 Å². The summed E-state index contributed by atoms with van der Waals surface area (Å²) in [5.74, 6) is -0.546. The topological polar surface area (TPSA) is 71.1 Å². The molecule has 0 radical (unpaired) electrons. The molecule has 2 rings (SSSR count). The van der Waals surface area contributed by atoms with Crippen molar-refractivity contribution in [1.29, 1.82) is 0 Å². The first-order valence-electron chi connectivity index (χ1n) is 8.19. The predicted octanol–water partition coefficient (Wildman–Crippen LogP) is 2.85. The lowest BCUT2D eigenvalue weighted by atomic mass is 10.1. The number of carbonyl (C=O) groups excluding carboxylic acids is 2. The van der Waals surface area contributed by atoms with E-state index in [1.165, 1.54) is 5.56 Å². The van der Waals surface area contributed by atoms with E-state index in [2.05, 4.69) is 22.5 Å². The van der Waals surface area contributed by atoms with E-state index in [1.54, 1.807) is 18.2 Å². The standard InChI is InChI=1S/C19H23N3O2/c1-3-4-12-20-18(23)16-6-5-7-17(22-16)19(24)21-13-15-10-8-14(2)9-11-15/h5-11H,3-4,12-13H2,1-2H3,(H,20,23)(H,21,24). The summed E-state index contributed by atoms with van der Waals surface area (Å²) in [6, 6.07) is 12.8. The van der Waals surface area contributed by atoms with Crippen LogP contribution >= 0.6 is 0 Å². The van der Waals surface area contributed by atoms with Crippen LogP contribution < -0.4 is 10.6 Å². The Balaban J connectivity index is 1.95. The van der Waals surface area contributed by atoms with Gasteiger partial charge in [0.25, 0.3) is 11.8 Å². The Morgan fingerprint density at radius 3 is 2.21 bits per heavy atom. The largest absolute Gasteiger partial charge is 0.351 e. The number of hydrogen-bond donors (Lipinski definition) is 2. The molecule has 2 aromatic rings. The first kappa shape index (κ1) is 17.7. The number of amides is 2. The van der Waals surface area contributed by atoms with Crippen molar-refractivity contribution in [2.24, 2.45) is 0 Å². The minimum atomic E-state index is -0.293. The smallest absolute Gasteiger partial charge is 0.270 e. The van der Waals surface area contributed by atoms with Gasteiger partial charge in [0.1, 0.15) is 11.4 Å². The molecule has 2 amide bonds. The Labute approximate surface area is 142 Å². The number of nitrogens with zero attached hydrogens (tertiary/aromatic N) is 1. The number of hydrogen-bond acceptors (Lipinski definition) is 3. The van der Waals surface area contributed by atoms with Crippen LogP contribution in [0.5, 0.6) is 0 Å². The average molecular weight is 325 g/mol. The quantitative estimate of drug-likeness (QED) is 0.769. The fraction of sp³-hybridized carbons (Fsp3) is 0.316. The number of nitrogens with one attached hydrogen (secondary N) is 2. The van der Waals surface area contributed by atoms with E-state index in [-0.39, 0.29) is 23.2 Å². The molecule has 24 heavy (non-hydrogen) atoms. The van der Waals surface area contributed by atoms with Gasteiger partial charge in [0, 0.05) is 13.1 Å². The molecule has 0 bridgehead atoms. The summed E-state index contributed by atoms with van der Waals surface area (Å²) < 4.78 is 0. The van der Waals surface area contributed by atoms with Crippen molar-refractivity contribution >= 4 is 11.8 Å². The van der Waals surface area contributed by atoms with E-state index in [9.17, 15) is 9.59 Å². The van der Waals surface area contributed by atoms with E-state index in [1.807, 2.05) is 31.2 Å². The SMILES string of the molecule is CCCCNC(=O)c1cccc(C(=O)NCc2ccc(C)cc2)n1. The van der Waals surface area contributed by atoms with Crippen LogP contribution in [-0.4, -0.2) is 23.3 Å². The van der Waals surface area contributed by atoms with E-state index < -0.39 is 0 Å². The Hall–Kier alpha value is -2.69. The monoisotopic (exact) mass is 325 g/mol. The predicted molar refractivity (Wildman–Crippen MR) is 93.8 cm³/mol. The van der Waals surface area contributed by atoms with Gasteiger partial charge in [-0.25, -0.2) is 4.98 Å². The molecule has 126 valence electrons. The number of aromatic nitrogens is 1. The van der Waals surface area contributed by atoms with Gasteiger partial charge in [-0.15, -0.1) is 0 Å². The summed E-state index contributed by atoms with van der Waals surface area (Å²) in [4.78, 5) is 28.4. The van der Waals surface area contributed by atoms with Crippen molar-refractivity contribution < 1.29 is 9.59 Å². The zero-order valence-electron chi connectivity index (χ0n) is 14.1. The molecule has 0 fully saturated rings. The third kappa shape index (κ3) is 5.19. The molecule has 5 heteroatoms. The van der Waals surface area contributed by atoms with Gasteiger partial charge in [-0.3, -0.25) is 9.59 Å². The normalized spacial score (nSPS) is 10.2. The van der Waals surface area contributed by atoms with Gasteiger partial charge < -0.3 is 10.6 Å². The van der Waals surface area contributed by atoms with Gasteiger partial charge in [-0.2, -0.15) is 0 Å². The Kier molecular flexibility index (Phi) is 6.49. The minimum absolute atomic E-state index is 0.241. The Morgan fingerprint density at radius 2 is 1.58 bits per heavy atom. The van der Waals surface area contributed by atoms with E-state index in [0.29, 0.717) is 13.1 Å². The molecule has 0 aliphatic heterocycles. The molecule has 2 N–H and O–H groups in total. The van der Waals surface area contributed by atoms with E-state index in [4.69, 9.17) is 0 Å². The molecule has 0 unspecified atom stereocenters. The van der Waals surface area contributed by atoms with Gasteiger partial charge in [0.2, 0.25) is 0 Å². The molecule has 0 saturated carbocycles. The van der Waals surface area contributed by atoms with Gasteiger partial charge in [0.15, 0.2) is 0 Å². The summed E-state index contributed by atoms with van der Waals surface area (Å²) >= 11 is 0. The molecule has 0 aliphatic carbocycles. The lowest BCUT2D eigenvalue weighted by Crippen LogP contribution is -2.28. The van der Waals surface area contributed by atoms with Crippen LogP contribution in [0.15, 0.2) is 42.5 Å². The zero-order chi connectivity index (χ0) is 17.4. The second-order valence-corrected chi connectivity index (χ2v) is 5.69. The van der Waals surface area contributed by atoms with Crippen molar-refractivity contribution in [3.8, 4) is 0 Å². The highest BCUT2D eigenvalue weighted by Gasteiger charge is 2.11. The maximum Gasteiger partial charge on any atom is 0.270 e. The lowest BCUT2D eigenvalue weighted by Gasteiger charge is -2.07. The van der Waals surface area contributed by atoms with Crippen LogP contribution in [0, 0.1) is 6.92 Å². The van der Waals surface area contributed by atoms with Crippen LogP contribution in [0.25, 0.3) is 0 Å². The number of rotatable bonds is 7. The van der Waals surface area contributed by atoms with Crippen LogP contribution in [-0.2, 0) is 6.54 Å². The highest BCUT2D eigenvalue weighted by Crippen LogP contribution is 2.04. The molecule has 1 heterocycles. The third-order valence-corrected chi connectivity index (χ3v) is 3.60. The maximum absolute atomic E-state index is 12.2. The minimum Gasteiger partial charge on any atom is -0.351 e. The lowest BCUT2D eigenvalue weighted by molar-refractivity contribution is 0.0942. The van der Waals surface area contributed by atoms with Crippen molar-refractivity contribution in [2.45, 2.75) is 33.2 Å². The fourth-order valence-corrected chi connectivity index (χ4v) is 2.14. The first-order chi connectivity index (χ1) is 11.6. The number of benzene rings is 1. The molecule has 1 aromatic carbocycles. The molecule has 1 aromatic heterocycles. The summed E-state index contributed by atoms with van der Waals surface area (Å²) in [6.07, 6.45) is 1.93. The van der Waals surface area contributed by atoms with Crippen molar-refractivity contribution in [3.63, 3.8) is 0 Å². The molecule has 0 spiro atoms. The van der Waals surface area contributed by atoms with Crippen LogP contribution in [0.3, 0.4) is 0 Å². The van der Waals surface area contributed by atoms with Crippen LogP contribution in [0.2, 0.25) is 0 Å². The molecule has 0 saturated heterocycles. The number of carbonyl (C=O) groups is 2. The van der Waals surface area contributed by atoms with Crippen LogP contribution in [0.1, 0.15) is 51.9 Å². The van der Waals surface area contributed by atoms with Gasteiger partial charge in [-0.05, 0) is 31.0 Å². The maximum atomic E-state index is 12.2. The van der Waals surface area contributed by atoms with Crippen molar-refractivity contribution in [1.82, 2.24) is 15.6 Å². The third-order valence-electron chi connectivity index (χ3n) is 3.60. The second-order valence-electron chi connectivity index (χ2n) is 5.69.